The maximum absolute atomic E-state index is 12.7. The molecule has 1 N–H and O–H groups in total. The highest BCUT2D eigenvalue weighted by Crippen LogP contribution is 2.21. The summed E-state index contributed by atoms with van der Waals surface area (Å²) in [6.45, 7) is 6.08. The minimum absolute atomic E-state index is 0.0849. The van der Waals surface area contributed by atoms with Crippen LogP contribution in [0.1, 0.15) is 12.5 Å². The second-order valence-electron chi connectivity index (χ2n) is 8.82. The average Bonchev–Trinajstić information content (AvgIpc) is 2.94. The Hall–Kier alpha value is -3.82. The van der Waals surface area contributed by atoms with E-state index in [1.807, 2.05) is 25.1 Å². The van der Waals surface area contributed by atoms with Gasteiger partial charge < -0.3 is 14.4 Å². The van der Waals surface area contributed by atoms with Gasteiger partial charge in [0.05, 0.1) is 11.5 Å². The van der Waals surface area contributed by atoms with E-state index in [0.29, 0.717) is 36.9 Å². The Morgan fingerprint density at radius 1 is 0.868 bits per heavy atom. The largest absolute Gasteiger partial charge is 0.494 e. The van der Waals surface area contributed by atoms with Crippen LogP contribution in [0.15, 0.2) is 89.8 Å². The second-order valence-corrected chi connectivity index (χ2v) is 10.5. The Morgan fingerprint density at radius 2 is 1.50 bits per heavy atom. The van der Waals surface area contributed by atoms with Crippen LogP contribution in [-0.4, -0.2) is 70.1 Å². The van der Waals surface area contributed by atoms with E-state index >= 15 is 0 Å². The van der Waals surface area contributed by atoms with E-state index in [-0.39, 0.29) is 17.4 Å². The maximum atomic E-state index is 12.7. The van der Waals surface area contributed by atoms with Gasteiger partial charge in [-0.1, -0.05) is 42.5 Å². The molecule has 1 heterocycles. The van der Waals surface area contributed by atoms with Crippen molar-refractivity contribution in [1.29, 1.82) is 0 Å². The number of amides is 1. The Bertz CT molecular complexity index is 1300. The van der Waals surface area contributed by atoms with Crippen molar-refractivity contribution in [3.8, 4) is 11.5 Å². The van der Waals surface area contributed by atoms with Gasteiger partial charge in [0.15, 0.2) is 6.61 Å². The first kappa shape index (κ1) is 27.2. The van der Waals surface area contributed by atoms with E-state index in [0.717, 1.165) is 19.6 Å². The molecule has 0 unspecified atom stereocenters. The van der Waals surface area contributed by atoms with Crippen LogP contribution < -0.4 is 14.2 Å². The first-order chi connectivity index (χ1) is 18.4. The molecule has 0 bridgehead atoms. The average molecular weight is 536 g/mol. The summed E-state index contributed by atoms with van der Waals surface area (Å²) in [5, 5.41) is 0. The third-order valence-corrected chi connectivity index (χ3v) is 7.51. The maximum Gasteiger partial charge on any atom is 0.261 e. The molecular weight excluding hydrogens is 502 g/mol. The SMILES string of the molecule is CCOc1ccc(NS(=O)(=O)c2ccc(OCC(=O)N3CCN(C/C=C/c4ccccc4)CC3)cc2)cc1. The van der Waals surface area contributed by atoms with Crippen LogP contribution in [0, 0.1) is 0 Å². The van der Waals surface area contributed by atoms with Crippen LogP contribution in [0.4, 0.5) is 5.69 Å². The quantitative estimate of drug-likeness (QED) is 0.397. The van der Waals surface area contributed by atoms with Crippen molar-refractivity contribution in [3.63, 3.8) is 0 Å². The van der Waals surface area contributed by atoms with Crippen molar-refractivity contribution < 1.29 is 22.7 Å². The molecule has 200 valence electrons. The fourth-order valence-electron chi connectivity index (χ4n) is 4.03. The summed E-state index contributed by atoms with van der Waals surface area (Å²) in [6, 6.07) is 22.9. The van der Waals surface area contributed by atoms with E-state index in [4.69, 9.17) is 9.47 Å². The fourth-order valence-corrected chi connectivity index (χ4v) is 5.09. The molecule has 9 heteroatoms. The number of nitrogens with one attached hydrogen (secondary N) is 1. The second kappa shape index (κ2) is 13.1. The van der Waals surface area contributed by atoms with Gasteiger partial charge in [0.2, 0.25) is 0 Å². The van der Waals surface area contributed by atoms with E-state index < -0.39 is 10.0 Å². The van der Waals surface area contributed by atoms with Gasteiger partial charge in [-0.3, -0.25) is 14.4 Å². The molecule has 8 nitrogen and oxygen atoms in total. The molecule has 1 saturated heterocycles. The number of ether oxygens (including phenoxy) is 2. The predicted octanol–water partition coefficient (Wildman–Crippen LogP) is 4.12. The van der Waals surface area contributed by atoms with Crippen LogP contribution in [0.25, 0.3) is 6.08 Å². The monoisotopic (exact) mass is 535 g/mol. The van der Waals surface area contributed by atoms with Gasteiger partial charge in [-0.15, -0.1) is 0 Å². The first-order valence-corrected chi connectivity index (χ1v) is 14.1. The van der Waals surface area contributed by atoms with Crippen LogP contribution >= 0.6 is 0 Å². The molecule has 3 aromatic carbocycles. The minimum atomic E-state index is -3.76. The van der Waals surface area contributed by atoms with E-state index in [9.17, 15) is 13.2 Å². The van der Waals surface area contributed by atoms with Crippen molar-refractivity contribution in [3.05, 3.63) is 90.5 Å². The summed E-state index contributed by atoms with van der Waals surface area (Å²) in [5.41, 5.74) is 1.61. The zero-order valence-corrected chi connectivity index (χ0v) is 22.3. The zero-order chi connectivity index (χ0) is 26.8. The van der Waals surface area contributed by atoms with Crippen molar-refractivity contribution in [2.45, 2.75) is 11.8 Å². The van der Waals surface area contributed by atoms with Crippen molar-refractivity contribution >= 4 is 27.7 Å². The number of anilines is 1. The minimum Gasteiger partial charge on any atom is -0.494 e. The molecule has 1 aliphatic rings. The molecule has 1 fully saturated rings. The third-order valence-electron chi connectivity index (χ3n) is 6.11. The Kier molecular flexibility index (Phi) is 9.40. The van der Waals surface area contributed by atoms with Gasteiger partial charge in [-0.2, -0.15) is 0 Å². The lowest BCUT2D eigenvalue weighted by Crippen LogP contribution is -2.49. The molecule has 1 aliphatic heterocycles. The van der Waals surface area contributed by atoms with Gasteiger partial charge in [-0.05, 0) is 61.0 Å². The van der Waals surface area contributed by atoms with Crippen LogP contribution in [0.2, 0.25) is 0 Å². The van der Waals surface area contributed by atoms with Gasteiger partial charge in [-0.25, -0.2) is 8.42 Å². The van der Waals surface area contributed by atoms with Gasteiger partial charge in [0, 0.05) is 38.4 Å². The third kappa shape index (κ3) is 7.84. The highest BCUT2D eigenvalue weighted by atomic mass is 32.2. The van der Waals surface area contributed by atoms with Crippen LogP contribution in [-0.2, 0) is 14.8 Å². The molecule has 0 atom stereocenters. The highest BCUT2D eigenvalue weighted by Gasteiger charge is 2.21. The zero-order valence-electron chi connectivity index (χ0n) is 21.5. The van der Waals surface area contributed by atoms with Crippen LogP contribution in [0.5, 0.6) is 11.5 Å². The normalized spacial score (nSPS) is 14.4. The number of benzene rings is 3. The Morgan fingerprint density at radius 3 is 2.16 bits per heavy atom. The summed E-state index contributed by atoms with van der Waals surface area (Å²) < 4.78 is 39.0. The Balaban J connectivity index is 1.21. The molecule has 4 rings (SSSR count). The summed E-state index contributed by atoms with van der Waals surface area (Å²) in [7, 11) is -3.76. The number of carbonyl (C=O) groups excluding carboxylic acids is 1. The topological polar surface area (TPSA) is 88.2 Å². The number of nitrogens with zero attached hydrogens (tertiary/aromatic N) is 2. The Labute approximate surface area is 224 Å². The number of piperazine rings is 1. The van der Waals surface area contributed by atoms with Crippen molar-refractivity contribution in [1.82, 2.24) is 9.80 Å². The van der Waals surface area contributed by atoms with E-state index in [1.165, 1.54) is 17.7 Å². The molecule has 0 radical (unpaired) electrons. The number of carbonyl (C=O) groups is 1. The van der Waals surface area contributed by atoms with Crippen LogP contribution in [0.3, 0.4) is 0 Å². The smallest absolute Gasteiger partial charge is 0.261 e. The molecule has 0 saturated carbocycles. The summed E-state index contributed by atoms with van der Waals surface area (Å²) in [5.74, 6) is 1.02. The summed E-state index contributed by atoms with van der Waals surface area (Å²) in [4.78, 5) is 16.8. The highest BCUT2D eigenvalue weighted by molar-refractivity contribution is 7.92. The molecule has 3 aromatic rings. The van der Waals surface area contributed by atoms with Gasteiger partial charge in [0.25, 0.3) is 15.9 Å². The van der Waals surface area contributed by atoms with Crippen molar-refractivity contribution in [2.24, 2.45) is 0 Å². The molecule has 0 spiro atoms. The standard InChI is InChI=1S/C29H33N3O5S/c1-2-36-26-12-10-25(11-13-26)30-38(34,35)28-16-14-27(15-17-28)37-23-29(33)32-21-19-31(20-22-32)18-6-9-24-7-4-3-5-8-24/h3-17,30H,2,18-23H2,1H3/b9-6+. The number of hydrogen-bond acceptors (Lipinski definition) is 6. The molecule has 0 aliphatic carbocycles. The molecule has 38 heavy (non-hydrogen) atoms. The number of sulfonamides is 1. The summed E-state index contributed by atoms with van der Waals surface area (Å²) >= 11 is 0. The van der Waals surface area contributed by atoms with Crippen molar-refractivity contribution in [2.75, 3.05) is 50.7 Å². The molecular formula is C29H33N3O5S. The molecule has 1 amide bonds. The summed E-state index contributed by atoms with van der Waals surface area (Å²) in [6.07, 6.45) is 4.26. The predicted molar refractivity (Wildman–Crippen MR) is 149 cm³/mol. The first-order valence-electron chi connectivity index (χ1n) is 12.6. The lowest BCUT2D eigenvalue weighted by molar-refractivity contribution is -0.135. The number of rotatable bonds is 11. The number of hydrogen-bond donors (Lipinski definition) is 1. The van der Waals surface area contributed by atoms with Gasteiger partial charge in [0.1, 0.15) is 11.5 Å². The fraction of sp³-hybridized carbons (Fsp3) is 0.276. The lowest BCUT2D eigenvalue weighted by atomic mass is 10.2. The lowest BCUT2D eigenvalue weighted by Gasteiger charge is -2.34. The van der Waals surface area contributed by atoms with Gasteiger partial charge >= 0.3 is 0 Å². The van der Waals surface area contributed by atoms with E-state index in [1.54, 1.807) is 41.3 Å². The molecule has 0 aromatic heterocycles. The van der Waals surface area contributed by atoms with E-state index in [2.05, 4.69) is 33.9 Å².